The van der Waals surface area contributed by atoms with Gasteiger partial charge < -0.3 is 5.32 Å². The van der Waals surface area contributed by atoms with Gasteiger partial charge in [0.05, 0.1) is 11.9 Å². The summed E-state index contributed by atoms with van der Waals surface area (Å²) in [7, 11) is -3.65. The highest BCUT2D eigenvalue weighted by Crippen LogP contribution is 2.24. The molecular weight excluding hydrogens is 451 g/mol. The number of amides is 1. The van der Waals surface area contributed by atoms with Gasteiger partial charge in [-0.25, -0.2) is 8.42 Å². The van der Waals surface area contributed by atoms with E-state index in [9.17, 15) is 13.2 Å². The van der Waals surface area contributed by atoms with Gasteiger partial charge in [-0.2, -0.15) is 11.8 Å². The Balaban J connectivity index is 1.95. The van der Waals surface area contributed by atoms with Gasteiger partial charge >= 0.3 is 0 Å². The molecule has 9 heteroatoms. The van der Waals surface area contributed by atoms with Crippen LogP contribution in [0.2, 0.25) is 10.0 Å². The van der Waals surface area contributed by atoms with E-state index in [1.54, 1.807) is 43.0 Å². The van der Waals surface area contributed by atoms with Gasteiger partial charge in [0, 0.05) is 28.1 Å². The van der Waals surface area contributed by atoms with E-state index in [1.807, 2.05) is 24.3 Å². The Kier molecular flexibility index (Phi) is 9.14. The van der Waals surface area contributed by atoms with Crippen molar-refractivity contribution in [3.05, 3.63) is 64.1 Å². The third kappa shape index (κ3) is 7.41. The van der Waals surface area contributed by atoms with E-state index >= 15 is 0 Å². The second-order valence-electron chi connectivity index (χ2n) is 6.43. The lowest BCUT2D eigenvalue weighted by Crippen LogP contribution is -2.49. The third-order valence-electron chi connectivity index (χ3n) is 4.11. The number of sulfonamides is 1. The quantitative estimate of drug-likeness (QED) is 0.511. The van der Waals surface area contributed by atoms with Crippen molar-refractivity contribution in [2.45, 2.75) is 25.1 Å². The van der Waals surface area contributed by atoms with E-state index in [1.165, 1.54) is 0 Å². The van der Waals surface area contributed by atoms with Crippen LogP contribution in [0.3, 0.4) is 0 Å². The molecule has 0 aliphatic rings. The van der Waals surface area contributed by atoms with E-state index in [-0.39, 0.29) is 5.91 Å². The number of nitrogens with zero attached hydrogens (tertiary/aromatic N) is 1. The van der Waals surface area contributed by atoms with Crippen molar-refractivity contribution in [2.75, 3.05) is 22.9 Å². The van der Waals surface area contributed by atoms with Crippen LogP contribution in [0.5, 0.6) is 0 Å². The fourth-order valence-electron chi connectivity index (χ4n) is 2.83. The molecule has 0 aliphatic heterocycles. The van der Waals surface area contributed by atoms with Gasteiger partial charge in [-0.05, 0) is 48.4 Å². The zero-order chi connectivity index (χ0) is 21.4. The molecule has 0 saturated heterocycles. The lowest BCUT2D eigenvalue weighted by Gasteiger charge is -2.30. The van der Waals surface area contributed by atoms with Gasteiger partial charge in [-0.1, -0.05) is 42.3 Å². The molecule has 2 aromatic rings. The largest absolute Gasteiger partial charge is 0.353 e. The van der Waals surface area contributed by atoms with Crippen LogP contribution in [0.4, 0.5) is 5.69 Å². The van der Waals surface area contributed by atoms with Crippen molar-refractivity contribution in [2.24, 2.45) is 0 Å². The van der Waals surface area contributed by atoms with Crippen LogP contribution in [0.25, 0.3) is 0 Å². The Labute approximate surface area is 186 Å². The summed E-state index contributed by atoms with van der Waals surface area (Å²) in [5.41, 5.74) is 1.53. The lowest BCUT2D eigenvalue weighted by atomic mass is 10.2. The standard InChI is InChI=1S/C20H24Cl2N2O3S2/c1-3-19(24(29(2,26)27)18-9-7-16(21)8-10-18)20(25)23-11-12-28-14-15-5-4-6-17(22)13-15/h4-10,13,19H,3,11-12,14H2,1-2H3,(H,23,25). The molecule has 0 aliphatic carbocycles. The van der Waals surface area contributed by atoms with Gasteiger partial charge in [0.15, 0.2) is 0 Å². The topological polar surface area (TPSA) is 66.5 Å². The number of nitrogens with one attached hydrogen (secondary N) is 1. The monoisotopic (exact) mass is 474 g/mol. The number of carbonyl (C=O) groups excluding carboxylic acids is 1. The summed E-state index contributed by atoms with van der Waals surface area (Å²) < 4.78 is 25.9. The number of carbonyl (C=O) groups is 1. The molecular formula is C20H24Cl2N2O3S2. The van der Waals surface area contributed by atoms with Crippen molar-refractivity contribution in [1.82, 2.24) is 5.32 Å². The Morgan fingerprint density at radius 2 is 1.83 bits per heavy atom. The molecule has 0 radical (unpaired) electrons. The first-order chi connectivity index (χ1) is 13.7. The van der Waals surface area contributed by atoms with E-state index in [0.717, 1.165) is 21.9 Å². The minimum Gasteiger partial charge on any atom is -0.353 e. The highest BCUT2D eigenvalue weighted by atomic mass is 35.5. The predicted octanol–water partition coefficient (Wildman–Crippen LogP) is 4.59. The molecule has 5 nitrogen and oxygen atoms in total. The summed E-state index contributed by atoms with van der Waals surface area (Å²) in [5.74, 6) is 1.17. The Morgan fingerprint density at radius 1 is 1.14 bits per heavy atom. The Bertz CT molecular complexity index is 922. The average molecular weight is 475 g/mol. The Hall–Kier alpha value is -1.41. The first-order valence-corrected chi connectivity index (χ1v) is 12.8. The van der Waals surface area contributed by atoms with Crippen LogP contribution in [-0.2, 0) is 20.6 Å². The SMILES string of the molecule is CCC(C(=O)NCCSCc1cccc(Cl)c1)N(c1ccc(Cl)cc1)S(C)(=O)=O. The van der Waals surface area contributed by atoms with E-state index in [2.05, 4.69) is 5.32 Å². The minimum atomic E-state index is -3.65. The van der Waals surface area contributed by atoms with E-state index in [4.69, 9.17) is 23.2 Å². The zero-order valence-electron chi connectivity index (χ0n) is 16.3. The molecule has 0 spiro atoms. The molecule has 158 valence electrons. The summed E-state index contributed by atoms with van der Waals surface area (Å²) in [6.45, 7) is 2.23. The summed E-state index contributed by atoms with van der Waals surface area (Å²) in [6, 6.07) is 13.2. The molecule has 0 aromatic heterocycles. The number of hydrogen-bond acceptors (Lipinski definition) is 4. The second kappa shape index (κ2) is 11.1. The molecule has 0 bridgehead atoms. The maximum absolute atomic E-state index is 12.7. The number of benzene rings is 2. The van der Waals surface area contributed by atoms with Gasteiger partial charge in [0.25, 0.3) is 0 Å². The molecule has 1 amide bonds. The van der Waals surface area contributed by atoms with Crippen LogP contribution in [0.1, 0.15) is 18.9 Å². The predicted molar refractivity (Wildman–Crippen MR) is 123 cm³/mol. The summed E-state index contributed by atoms with van der Waals surface area (Å²) >= 11 is 13.5. The summed E-state index contributed by atoms with van der Waals surface area (Å²) in [4.78, 5) is 12.7. The van der Waals surface area contributed by atoms with E-state index < -0.39 is 16.1 Å². The molecule has 0 saturated carbocycles. The minimum absolute atomic E-state index is 0.323. The van der Waals surface area contributed by atoms with Gasteiger partial charge in [-0.3, -0.25) is 9.10 Å². The maximum Gasteiger partial charge on any atom is 0.243 e. The van der Waals surface area contributed by atoms with Crippen LogP contribution < -0.4 is 9.62 Å². The van der Waals surface area contributed by atoms with Crippen molar-refractivity contribution in [3.8, 4) is 0 Å². The fraction of sp³-hybridized carbons (Fsp3) is 0.350. The molecule has 2 aromatic carbocycles. The van der Waals surface area contributed by atoms with Gasteiger partial charge in [0.2, 0.25) is 15.9 Å². The highest BCUT2D eigenvalue weighted by molar-refractivity contribution is 7.98. The molecule has 0 fully saturated rings. The molecule has 0 heterocycles. The zero-order valence-corrected chi connectivity index (χ0v) is 19.4. The first kappa shape index (κ1) is 23.9. The number of rotatable bonds is 10. The van der Waals surface area contributed by atoms with E-state index in [0.29, 0.717) is 34.5 Å². The number of anilines is 1. The molecule has 2 rings (SSSR count). The number of hydrogen-bond donors (Lipinski definition) is 1. The molecule has 1 unspecified atom stereocenters. The van der Waals surface area contributed by atoms with Crippen molar-refractivity contribution in [3.63, 3.8) is 0 Å². The molecule has 29 heavy (non-hydrogen) atoms. The highest BCUT2D eigenvalue weighted by Gasteiger charge is 2.31. The first-order valence-electron chi connectivity index (χ1n) is 9.07. The molecule has 1 atom stereocenters. The average Bonchev–Trinajstić information content (AvgIpc) is 2.65. The smallest absolute Gasteiger partial charge is 0.243 e. The van der Waals surface area contributed by atoms with Crippen molar-refractivity contribution < 1.29 is 13.2 Å². The fourth-order valence-corrected chi connectivity index (χ4v) is 5.19. The number of thioether (sulfide) groups is 1. The van der Waals surface area contributed by atoms with Gasteiger partial charge in [-0.15, -0.1) is 0 Å². The molecule has 1 N–H and O–H groups in total. The van der Waals surface area contributed by atoms with Gasteiger partial charge in [0.1, 0.15) is 6.04 Å². The van der Waals surface area contributed by atoms with Crippen LogP contribution in [0.15, 0.2) is 48.5 Å². The van der Waals surface area contributed by atoms with Crippen LogP contribution in [-0.4, -0.2) is 38.9 Å². The third-order valence-corrected chi connectivity index (χ3v) is 6.81. The maximum atomic E-state index is 12.7. The van der Waals surface area contributed by atoms with Crippen molar-refractivity contribution >= 4 is 56.6 Å². The summed E-state index contributed by atoms with van der Waals surface area (Å²) in [6.07, 6.45) is 1.44. The van der Waals surface area contributed by atoms with Crippen molar-refractivity contribution in [1.29, 1.82) is 0 Å². The number of halogens is 2. The Morgan fingerprint density at radius 3 is 2.41 bits per heavy atom. The lowest BCUT2D eigenvalue weighted by molar-refractivity contribution is -0.122. The van der Waals surface area contributed by atoms with Crippen LogP contribution >= 0.6 is 35.0 Å². The second-order valence-corrected chi connectivity index (χ2v) is 10.3. The normalized spacial score (nSPS) is 12.4. The van der Waals surface area contributed by atoms with Crippen LogP contribution in [0, 0.1) is 0 Å². The summed E-state index contributed by atoms with van der Waals surface area (Å²) in [5, 5.41) is 4.04.